The Bertz CT molecular complexity index is 540. The Balaban J connectivity index is 3.08. The predicted octanol–water partition coefficient (Wildman–Crippen LogP) is 1.29. The van der Waals surface area contributed by atoms with Crippen molar-refractivity contribution in [1.29, 1.82) is 0 Å². The molecule has 1 aromatic heterocycles. The molecule has 1 rings (SSSR count). The minimum atomic E-state index is -1.47. The van der Waals surface area contributed by atoms with Crippen LogP contribution in [0.3, 0.4) is 0 Å². The molecule has 1 heterocycles. The number of carbonyl (C=O) groups excluding carboxylic acids is 3. The van der Waals surface area contributed by atoms with Crippen molar-refractivity contribution in [3.05, 3.63) is 36.4 Å². The van der Waals surface area contributed by atoms with Crippen LogP contribution in [0.1, 0.15) is 29.4 Å². The molecular weight excluding hydrogens is 260 g/mol. The monoisotopic (exact) mass is 276 g/mol. The standard InChI is InChI=1S/C14H16N2O4/c1-4-6-20-14(19)12(11(17)5-2)13(18)10-7-15-8-16-9(10)3/h4,7-8,12H,1,5-6H2,2-3H3. The highest BCUT2D eigenvalue weighted by molar-refractivity contribution is 6.22. The first-order chi connectivity index (χ1) is 9.52. The van der Waals surface area contributed by atoms with Crippen LogP contribution in [0.25, 0.3) is 0 Å². The SMILES string of the molecule is C=CCOC(=O)C(C(=O)CC)C(=O)c1cncnc1C. The second kappa shape index (κ2) is 7.28. The summed E-state index contributed by atoms with van der Waals surface area (Å²) >= 11 is 0. The number of esters is 1. The van der Waals surface area contributed by atoms with Gasteiger partial charge in [0.25, 0.3) is 0 Å². The molecule has 0 saturated carbocycles. The summed E-state index contributed by atoms with van der Waals surface area (Å²) in [6.07, 6.45) is 4.01. The maximum absolute atomic E-state index is 12.3. The highest BCUT2D eigenvalue weighted by Gasteiger charge is 2.35. The number of aryl methyl sites for hydroxylation is 1. The van der Waals surface area contributed by atoms with Crippen LogP contribution in [0.4, 0.5) is 0 Å². The zero-order chi connectivity index (χ0) is 15.1. The molecule has 6 nitrogen and oxygen atoms in total. The van der Waals surface area contributed by atoms with Crippen LogP contribution >= 0.6 is 0 Å². The molecule has 1 unspecified atom stereocenters. The van der Waals surface area contributed by atoms with E-state index >= 15 is 0 Å². The fourth-order valence-electron chi connectivity index (χ4n) is 1.60. The smallest absolute Gasteiger partial charge is 0.324 e. The number of ether oxygens (including phenoxy) is 1. The highest BCUT2D eigenvalue weighted by Crippen LogP contribution is 2.15. The van der Waals surface area contributed by atoms with E-state index in [0.29, 0.717) is 5.69 Å². The zero-order valence-corrected chi connectivity index (χ0v) is 11.5. The molecule has 106 valence electrons. The van der Waals surface area contributed by atoms with Gasteiger partial charge >= 0.3 is 5.97 Å². The van der Waals surface area contributed by atoms with Gasteiger partial charge in [0.1, 0.15) is 12.9 Å². The van der Waals surface area contributed by atoms with Gasteiger partial charge in [-0.25, -0.2) is 9.97 Å². The highest BCUT2D eigenvalue weighted by atomic mass is 16.5. The Morgan fingerprint density at radius 1 is 1.45 bits per heavy atom. The fraction of sp³-hybridized carbons (Fsp3) is 0.357. The van der Waals surface area contributed by atoms with Crippen LogP contribution in [0, 0.1) is 12.8 Å². The Labute approximate surface area is 116 Å². The lowest BCUT2D eigenvalue weighted by atomic mass is 9.92. The van der Waals surface area contributed by atoms with Crippen molar-refractivity contribution >= 4 is 17.5 Å². The largest absolute Gasteiger partial charge is 0.461 e. The molecule has 0 aliphatic carbocycles. The first-order valence-corrected chi connectivity index (χ1v) is 6.14. The summed E-state index contributed by atoms with van der Waals surface area (Å²) in [6.45, 7) is 6.55. The van der Waals surface area contributed by atoms with E-state index in [-0.39, 0.29) is 18.6 Å². The van der Waals surface area contributed by atoms with E-state index in [0.717, 1.165) is 0 Å². The summed E-state index contributed by atoms with van der Waals surface area (Å²) in [7, 11) is 0. The van der Waals surface area contributed by atoms with Gasteiger partial charge in [0.15, 0.2) is 17.5 Å². The van der Waals surface area contributed by atoms with Crippen molar-refractivity contribution in [2.75, 3.05) is 6.61 Å². The van der Waals surface area contributed by atoms with Crippen LogP contribution in [0.15, 0.2) is 25.2 Å². The summed E-state index contributed by atoms with van der Waals surface area (Å²) in [5, 5.41) is 0. The lowest BCUT2D eigenvalue weighted by Gasteiger charge is -2.13. The molecule has 0 aliphatic rings. The van der Waals surface area contributed by atoms with Gasteiger partial charge in [-0.05, 0) is 6.92 Å². The van der Waals surface area contributed by atoms with E-state index in [2.05, 4.69) is 16.5 Å². The maximum Gasteiger partial charge on any atom is 0.324 e. The second-order valence-corrected chi connectivity index (χ2v) is 4.06. The van der Waals surface area contributed by atoms with Crippen molar-refractivity contribution < 1.29 is 19.1 Å². The number of ketones is 2. The van der Waals surface area contributed by atoms with Gasteiger partial charge in [-0.1, -0.05) is 19.6 Å². The van der Waals surface area contributed by atoms with Crippen LogP contribution in [0.2, 0.25) is 0 Å². The molecule has 0 radical (unpaired) electrons. The van der Waals surface area contributed by atoms with E-state index in [1.54, 1.807) is 13.8 Å². The lowest BCUT2D eigenvalue weighted by molar-refractivity contribution is -0.148. The summed E-state index contributed by atoms with van der Waals surface area (Å²) < 4.78 is 4.82. The molecule has 0 aliphatic heterocycles. The molecular formula is C14H16N2O4. The lowest BCUT2D eigenvalue weighted by Crippen LogP contribution is -2.33. The first-order valence-electron chi connectivity index (χ1n) is 6.14. The molecule has 1 atom stereocenters. The van der Waals surface area contributed by atoms with Crippen molar-refractivity contribution in [1.82, 2.24) is 9.97 Å². The minimum Gasteiger partial charge on any atom is -0.461 e. The third-order valence-electron chi connectivity index (χ3n) is 2.69. The average molecular weight is 276 g/mol. The number of carbonyl (C=O) groups is 3. The van der Waals surface area contributed by atoms with Crippen LogP contribution < -0.4 is 0 Å². The van der Waals surface area contributed by atoms with Crippen LogP contribution in [-0.2, 0) is 14.3 Å². The van der Waals surface area contributed by atoms with E-state index in [1.807, 2.05) is 0 Å². The molecule has 6 heteroatoms. The molecule has 0 N–H and O–H groups in total. The summed E-state index contributed by atoms with van der Waals surface area (Å²) in [5.74, 6) is -3.47. The van der Waals surface area contributed by atoms with E-state index in [1.165, 1.54) is 18.6 Å². The number of hydrogen-bond acceptors (Lipinski definition) is 6. The average Bonchev–Trinajstić information content (AvgIpc) is 2.45. The van der Waals surface area contributed by atoms with Crippen LogP contribution in [-0.4, -0.2) is 34.1 Å². The normalized spacial score (nSPS) is 11.5. The Kier molecular flexibility index (Phi) is 5.71. The van der Waals surface area contributed by atoms with Gasteiger partial charge in [0.05, 0.1) is 11.3 Å². The number of rotatable bonds is 7. The molecule has 0 saturated heterocycles. The fourth-order valence-corrected chi connectivity index (χ4v) is 1.60. The number of aromatic nitrogens is 2. The van der Waals surface area contributed by atoms with E-state index in [9.17, 15) is 14.4 Å². The summed E-state index contributed by atoms with van der Waals surface area (Å²) in [6, 6.07) is 0. The summed E-state index contributed by atoms with van der Waals surface area (Å²) in [5.41, 5.74) is 0.560. The zero-order valence-electron chi connectivity index (χ0n) is 11.5. The molecule has 1 aromatic rings. The Hall–Kier alpha value is -2.37. The van der Waals surface area contributed by atoms with Crippen LogP contribution in [0.5, 0.6) is 0 Å². The second-order valence-electron chi connectivity index (χ2n) is 4.06. The van der Waals surface area contributed by atoms with Gasteiger partial charge in [-0.2, -0.15) is 0 Å². The minimum absolute atomic E-state index is 0.0517. The quantitative estimate of drug-likeness (QED) is 0.323. The van der Waals surface area contributed by atoms with Crippen molar-refractivity contribution in [3.63, 3.8) is 0 Å². The van der Waals surface area contributed by atoms with E-state index in [4.69, 9.17) is 4.74 Å². The van der Waals surface area contributed by atoms with Gasteiger partial charge < -0.3 is 4.74 Å². The number of nitrogens with zero attached hydrogens (tertiary/aromatic N) is 2. The molecule has 0 bridgehead atoms. The van der Waals surface area contributed by atoms with Gasteiger partial charge in [-0.3, -0.25) is 14.4 Å². The van der Waals surface area contributed by atoms with Crippen molar-refractivity contribution in [2.45, 2.75) is 20.3 Å². The van der Waals surface area contributed by atoms with Gasteiger partial charge in [-0.15, -0.1) is 0 Å². The first kappa shape index (κ1) is 15.7. The molecule has 20 heavy (non-hydrogen) atoms. The van der Waals surface area contributed by atoms with Gasteiger partial charge in [0, 0.05) is 12.6 Å². The van der Waals surface area contributed by atoms with E-state index < -0.39 is 23.5 Å². The summed E-state index contributed by atoms with van der Waals surface area (Å²) in [4.78, 5) is 43.7. The topological polar surface area (TPSA) is 86.2 Å². The Morgan fingerprint density at radius 2 is 2.15 bits per heavy atom. The van der Waals surface area contributed by atoms with Crippen molar-refractivity contribution in [3.8, 4) is 0 Å². The molecule has 0 fully saturated rings. The third-order valence-corrected chi connectivity index (χ3v) is 2.69. The predicted molar refractivity (Wildman–Crippen MR) is 71.0 cm³/mol. The molecule has 0 amide bonds. The maximum atomic E-state index is 12.3. The number of Topliss-reactive ketones (excluding diaryl/α,β-unsaturated/α-hetero) is 2. The van der Waals surface area contributed by atoms with Gasteiger partial charge in [0.2, 0.25) is 0 Å². The Morgan fingerprint density at radius 3 is 2.70 bits per heavy atom. The van der Waals surface area contributed by atoms with Crippen molar-refractivity contribution in [2.24, 2.45) is 5.92 Å². The molecule has 0 aromatic carbocycles. The number of hydrogen-bond donors (Lipinski definition) is 0. The third kappa shape index (κ3) is 3.57. The molecule has 0 spiro atoms.